The number of piperazine rings is 1. The zero-order valence-corrected chi connectivity index (χ0v) is 20.6. The largest absolute Gasteiger partial charge is 0.353 e. The molecule has 0 saturated carbocycles. The van der Waals surface area contributed by atoms with Gasteiger partial charge in [0.1, 0.15) is 22.6 Å². The fourth-order valence-corrected chi connectivity index (χ4v) is 6.15. The van der Waals surface area contributed by atoms with E-state index in [1.165, 1.54) is 0 Å². The summed E-state index contributed by atoms with van der Waals surface area (Å²) < 4.78 is 29.1. The normalized spacial score (nSPS) is 21.7. The third kappa shape index (κ3) is 4.04. The standard InChI is InChI=1S/C24H30N6O3S/c1-16(2)22-25-17(3)15-21(26-22)28-11-13-29(14-12-28)24(31)19-8-6-10-30(19)23-18-7-4-5-9-20(18)34(32,33)27-23/h4-5,7,9,15-16,19H,6,8,10-14H2,1-3H3. The van der Waals surface area contributed by atoms with Crippen LogP contribution in [0.4, 0.5) is 5.82 Å². The van der Waals surface area contributed by atoms with Gasteiger partial charge in [0.05, 0.1) is 0 Å². The fourth-order valence-electron chi connectivity index (χ4n) is 4.93. The summed E-state index contributed by atoms with van der Waals surface area (Å²) in [6.45, 7) is 9.37. The molecule has 0 spiro atoms. The van der Waals surface area contributed by atoms with Gasteiger partial charge in [-0.25, -0.2) is 9.97 Å². The van der Waals surface area contributed by atoms with E-state index >= 15 is 0 Å². The van der Waals surface area contributed by atoms with Crippen LogP contribution in [0.2, 0.25) is 0 Å². The fraction of sp³-hybridized carbons (Fsp3) is 0.500. The lowest BCUT2D eigenvalue weighted by molar-refractivity contribution is -0.135. The molecule has 0 N–H and O–H groups in total. The van der Waals surface area contributed by atoms with Gasteiger partial charge < -0.3 is 14.7 Å². The number of sulfonamides is 1. The number of nitrogens with zero attached hydrogens (tertiary/aromatic N) is 6. The van der Waals surface area contributed by atoms with E-state index in [-0.39, 0.29) is 22.8 Å². The van der Waals surface area contributed by atoms with Crippen LogP contribution in [0.1, 0.15) is 49.7 Å². The van der Waals surface area contributed by atoms with Gasteiger partial charge in [-0.2, -0.15) is 8.42 Å². The van der Waals surface area contributed by atoms with Crippen molar-refractivity contribution >= 4 is 27.6 Å². The van der Waals surface area contributed by atoms with Gasteiger partial charge in [-0.1, -0.05) is 26.0 Å². The molecule has 5 rings (SSSR count). The lowest BCUT2D eigenvalue weighted by Crippen LogP contribution is -2.54. The number of likely N-dealkylation sites (tertiary alicyclic amines) is 1. The van der Waals surface area contributed by atoms with Gasteiger partial charge in [0, 0.05) is 56.0 Å². The number of fused-ring (bicyclic) bond motifs is 1. The molecular formula is C24H30N6O3S. The van der Waals surface area contributed by atoms with E-state index in [2.05, 4.69) is 28.1 Å². The first-order valence-corrected chi connectivity index (χ1v) is 13.3. The SMILES string of the molecule is Cc1cc(N2CCN(C(=O)C3CCCN3C3=NS(=O)(=O)c4ccccc43)CC2)nc(C(C)C)n1. The molecule has 4 heterocycles. The van der Waals surface area contributed by atoms with Crippen molar-refractivity contribution in [3.05, 3.63) is 47.4 Å². The van der Waals surface area contributed by atoms with E-state index in [0.717, 1.165) is 23.8 Å². The minimum absolute atomic E-state index is 0.0448. The molecule has 9 nitrogen and oxygen atoms in total. The van der Waals surface area contributed by atoms with Gasteiger partial charge in [-0.3, -0.25) is 4.79 Å². The lowest BCUT2D eigenvalue weighted by atomic mass is 10.1. The highest BCUT2D eigenvalue weighted by Crippen LogP contribution is 2.32. The molecule has 2 aromatic rings. The zero-order chi connectivity index (χ0) is 24.0. The number of aromatic nitrogens is 2. The predicted octanol–water partition coefficient (Wildman–Crippen LogP) is 2.17. The predicted molar refractivity (Wildman–Crippen MR) is 130 cm³/mol. The van der Waals surface area contributed by atoms with Crippen molar-refractivity contribution < 1.29 is 13.2 Å². The summed E-state index contributed by atoms with van der Waals surface area (Å²) in [5.41, 5.74) is 1.54. The molecule has 10 heteroatoms. The van der Waals surface area contributed by atoms with Crippen LogP contribution in [-0.4, -0.2) is 78.7 Å². The van der Waals surface area contributed by atoms with Gasteiger partial charge in [-0.15, -0.1) is 4.40 Å². The number of aryl methyl sites for hydroxylation is 1. The summed E-state index contributed by atoms with van der Waals surface area (Å²) in [6.07, 6.45) is 1.53. The molecule has 3 aliphatic heterocycles. The lowest BCUT2D eigenvalue weighted by Gasteiger charge is -2.38. The molecule has 1 aromatic heterocycles. The molecule has 0 bridgehead atoms. The van der Waals surface area contributed by atoms with Crippen molar-refractivity contribution in [2.24, 2.45) is 4.40 Å². The number of amidine groups is 1. The first kappa shape index (κ1) is 22.8. The number of hydrogen-bond donors (Lipinski definition) is 0. The third-order valence-corrected chi connectivity index (χ3v) is 8.04. The molecule has 34 heavy (non-hydrogen) atoms. The van der Waals surface area contributed by atoms with Gasteiger partial charge in [0.2, 0.25) is 5.91 Å². The minimum Gasteiger partial charge on any atom is -0.353 e. The van der Waals surface area contributed by atoms with Gasteiger partial charge in [0.15, 0.2) is 5.84 Å². The Morgan fingerprint density at radius 2 is 1.79 bits per heavy atom. The van der Waals surface area contributed by atoms with Crippen molar-refractivity contribution in [1.82, 2.24) is 19.8 Å². The Kier molecular flexibility index (Phi) is 5.79. The Balaban J connectivity index is 1.30. The molecule has 2 saturated heterocycles. The van der Waals surface area contributed by atoms with Crippen molar-refractivity contribution in [3.8, 4) is 0 Å². The second-order valence-electron chi connectivity index (χ2n) is 9.43. The average Bonchev–Trinajstić information content (AvgIpc) is 3.41. The molecule has 0 radical (unpaired) electrons. The maximum Gasteiger partial charge on any atom is 0.285 e. The number of rotatable bonds is 3. The molecule has 1 amide bonds. The first-order chi connectivity index (χ1) is 16.2. The molecule has 2 fully saturated rings. The van der Waals surface area contributed by atoms with Crippen LogP contribution in [-0.2, 0) is 14.8 Å². The van der Waals surface area contributed by atoms with E-state index in [0.29, 0.717) is 50.5 Å². The topological polar surface area (TPSA) is 99.1 Å². The van der Waals surface area contributed by atoms with Gasteiger partial charge >= 0.3 is 0 Å². The van der Waals surface area contributed by atoms with Gasteiger partial charge in [-0.05, 0) is 31.9 Å². The van der Waals surface area contributed by atoms with Crippen LogP contribution in [0.25, 0.3) is 0 Å². The van der Waals surface area contributed by atoms with E-state index in [9.17, 15) is 13.2 Å². The monoisotopic (exact) mass is 482 g/mol. The number of carbonyl (C=O) groups is 1. The smallest absolute Gasteiger partial charge is 0.285 e. The van der Waals surface area contributed by atoms with Crippen LogP contribution >= 0.6 is 0 Å². The molecule has 3 aliphatic rings. The summed E-state index contributed by atoms with van der Waals surface area (Å²) in [4.78, 5) is 29.0. The van der Waals surface area contributed by atoms with E-state index in [1.807, 2.05) is 22.8 Å². The number of benzene rings is 1. The number of amides is 1. The maximum atomic E-state index is 13.5. The quantitative estimate of drug-likeness (QED) is 0.661. The summed E-state index contributed by atoms with van der Waals surface area (Å²) in [5.74, 6) is 2.45. The number of anilines is 1. The Labute approximate surface area is 200 Å². The van der Waals surface area contributed by atoms with Crippen LogP contribution < -0.4 is 4.90 Å². The van der Waals surface area contributed by atoms with Crippen molar-refractivity contribution in [3.63, 3.8) is 0 Å². The van der Waals surface area contributed by atoms with Crippen molar-refractivity contribution in [2.75, 3.05) is 37.6 Å². The maximum absolute atomic E-state index is 13.5. The summed E-state index contributed by atoms with van der Waals surface area (Å²) in [5, 5.41) is 0. The highest BCUT2D eigenvalue weighted by Gasteiger charge is 2.41. The highest BCUT2D eigenvalue weighted by molar-refractivity contribution is 7.90. The van der Waals surface area contributed by atoms with Crippen LogP contribution in [0.15, 0.2) is 39.6 Å². The molecule has 0 aliphatic carbocycles. The second kappa shape index (κ2) is 8.65. The van der Waals surface area contributed by atoms with E-state index < -0.39 is 10.0 Å². The molecule has 1 aromatic carbocycles. The summed E-state index contributed by atoms with van der Waals surface area (Å²) in [7, 11) is -3.71. The molecular weight excluding hydrogens is 452 g/mol. The Hall–Kier alpha value is -3.01. The third-order valence-electron chi connectivity index (χ3n) is 6.71. The van der Waals surface area contributed by atoms with Crippen LogP contribution in [0.5, 0.6) is 0 Å². The minimum atomic E-state index is -3.71. The summed E-state index contributed by atoms with van der Waals surface area (Å²) >= 11 is 0. The number of carbonyl (C=O) groups excluding carboxylic acids is 1. The molecule has 1 atom stereocenters. The Bertz CT molecular complexity index is 1250. The highest BCUT2D eigenvalue weighted by atomic mass is 32.2. The molecule has 180 valence electrons. The van der Waals surface area contributed by atoms with Crippen LogP contribution in [0, 0.1) is 6.92 Å². The second-order valence-corrected chi connectivity index (χ2v) is 11.0. The number of hydrogen-bond acceptors (Lipinski definition) is 7. The van der Waals surface area contributed by atoms with Gasteiger partial charge in [0.25, 0.3) is 10.0 Å². The molecule has 1 unspecified atom stereocenters. The average molecular weight is 483 g/mol. The Morgan fingerprint density at radius 3 is 2.53 bits per heavy atom. The Morgan fingerprint density at radius 1 is 1.06 bits per heavy atom. The zero-order valence-electron chi connectivity index (χ0n) is 19.8. The first-order valence-electron chi connectivity index (χ1n) is 11.8. The van der Waals surface area contributed by atoms with E-state index in [4.69, 9.17) is 4.98 Å². The van der Waals surface area contributed by atoms with E-state index in [1.54, 1.807) is 24.3 Å². The van der Waals surface area contributed by atoms with Crippen molar-refractivity contribution in [2.45, 2.75) is 50.5 Å². The summed E-state index contributed by atoms with van der Waals surface area (Å²) in [6, 6.07) is 8.46. The van der Waals surface area contributed by atoms with Crippen LogP contribution in [0.3, 0.4) is 0 Å². The van der Waals surface area contributed by atoms with Crippen molar-refractivity contribution in [1.29, 1.82) is 0 Å².